The monoisotopic (exact) mass is 443 g/mol. The van der Waals surface area contributed by atoms with E-state index in [-0.39, 0.29) is 17.0 Å². The number of benzene rings is 2. The Hall–Kier alpha value is -2.31. The van der Waals surface area contributed by atoms with Gasteiger partial charge in [0.1, 0.15) is 0 Å². The molecule has 1 unspecified atom stereocenters. The van der Waals surface area contributed by atoms with Gasteiger partial charge in [-0.05, 0) is 76.9 Å². The highest BCUT2D eigenvalue weighted by Gasteiger charge is 2.24. The second-order valence-corrected chi connectivity index (χ2v) is 10.2. The van der Waals surface area contributed by atoms with Crippen LogP contribution in [0.1, 0.15) is 38.8 Å². The summed E-state index contributed by atoms with van der Waals surface area (Å²) in [6.45, 7) is 11.6. The van der Waals surface area contributed by atoms with Gasteiger partial charge in [0.25, 0.3) is 5.56 Å². The van der Waals surface area contributed by atoms with E-state index in [1.54, 1.807) is 22.8 Å². The van der Waals surface area contributed by atoms with Crippen molar-refractivity contribution in [1.29, 1.82) is 0 Å². The summed E-state index contributed by atoms with van der Waals surface area (Å²) < 4.78 is 1.60. The van der Waals surface area contributed by atoms with Crippen LogP contribution in [0.2, 0.25) is 5.02 Å². The number of rotatable bonds is 4. The summed E-state index contributed by atoms with van der Waals surface area (Å²) in [6.07, 6.45) is 0. The van der Waals surface area contributed by atoms with E-state index >= 15 is 0 Å². The maximum atomic E-state index is 13.5. The van der Waals surface area contributed by atoms with Gasteiger partial charge in [-0.1, -0.05) is 35.5 Å². The van der Waals surface area contributed by atoms with Crippen LogP contribution in [0, 0.1) is 13.8 Å². The van der Waals surface area contributed by atoms with Gasteiger partial charge in [0.05, 0.1) is 21.8 Å². The Morgan fingerprint density at radius 2 is 1.90 bits per heavy atom. The average molecular weight is 444 g/mol. The van der Waals surface area contributed by atoms with Crippen molar-refractivity contribution in [2.75, 3.05) is 0 Å². The molecule has 0 saturated heterocycles. The Labute approximate surface area is 185 Å². The summed E-state index contributed by atoms with van der Waals surface area (Å²) in [6, 6.07) is 10.9. The van der Waals surface area contributed by atoms with Crippen LogP contribution in [0.4, 0.5) is 0 Å². The summed E-state index contributed by atoms with van der Waals surface area (Å²) in [7, 11) is 0. The van der Waals surface area contributed by atoms with Crippen LogP contribution in [-0.2, 0) is 4.79 Å². The molecular formula is C23H26ClN3O2S. The molecule has 0 saturated carbocycles. The van der Waals surface area contributed by atoms with E-state index in [0.717, 1.165) is 16.8 Å². The fraction of sp³-hybridized carbons (Fsp3) is 0.348. The maximum Gasteiger partial charge on any atom is 0.266 e. The van der Waals surface area contributed by atoms with Gasteiger partial charge in [-0.25, -0.2) is 4.98 Å². The van der Waals surface area contributed by atoms with E-state index in [2.05, 4.69) is 5.32 Å². The molecule has 0 spiro atoms. The van der Waals surface area contributed by atoms with Crippen LogP contribution in [0.15, 0.2) is 46.3 Å². The van der Waals surface area contributed by atoms with Gasteiger partial charge < -0.3 is 5.32 Å². The number of aromatic nitrogens is 2. The minimum Gasteiger partial charge on any atom is -0.351 e. The molecule has 0 aliphatic rings. The molecule has 3 rings (SSSR count). The topological polar surface area (TPSA) is 64.0 Å². The van der Waals surface area contributed by atoms with Gasteiger partial charge in [-0.15, -0.1) is 0 Å². The van der Waals surface area contributed by atoms with E-state index < -0.39 is 5.25 Å². The number of nitrogens with zero attached hydrogens (tertiary/aromatic N) is 2. The first-order chi connectivity index (χ1) is 14.0. The summed E-state index contributed by atoms with van der Waals surface area (Å²) in [4.78, 5) is 30.9. The highest BCUT2D eigenvalue weighted by Crippen LogP contribution is 2.28. The van der Waals surface area contributed by atoms with Gasteiger partial charge in [0.2, 0.25) is 5.91 Å². The zero-order chi connectivity index (χ0) is 22.2. The number of amides is 1. The highest BCUT2D eigenvalue weighted by molar-refractivity contribution is 8.00. The van der Waals surface area contributed by atoms with Crippen LogP contribution < -0.4 is 10.9 Å². The minimum atomic E-state index is -0.441. The highest BCUT2D eigenvalue weighted by atomic mass is 35.5. The number of fused-ring (bicyclic) bond motifs is 1. The predicted octanol–water partition coefficient (Wildman–Crippen LogP) is 5.05. The molecule has 0 bridgehead atoms. The lowest BCUT2D eigenvalue weighted by atomic mass is 10.1. The molecule has 5 nitrogen and oxygen atoms in total. The van der Waals surface area contributed by atoms with Gasteiger partial charge in [0, 0.05) is 10.6 Å². The number of thioether (sulfide) groups is 1. The van der Waals surface area contributed by atoms with Crippen molar-refractivity contribution in [3.05, 3.63) is 62.9 Å². The number of hydrogen-bond acceptors (Lipinski definition) is 4. The summed E-state index contributed by atoms with van der Waals surface area (Å²) >= 11 is 7.40. The molecular weight excluding hydrogens is 418 g/mol. The van der Waals surface area contributed by atoms with Crippen LogP contribution in [0.25, 0.3) is 16.6 Å². The molecule has 1 aromatic heterocycles. The largest absolute Gasteiger partial charge is 0.351 e. The predicted molar refractivity (Wildman–Crippen MR) is 125 cm³/mol. The second kappa shape index (κ2) is 8.44. The molecule has 158 valence electrons. The molecule has 0 fully saturated rings. The number of hydrogen-bond donors (Lipinski definition) is 1. The van der Waals surface area contributed by atoms with E-state index in [4.69, 9.17) is 16.6 Å². The molecule has 7 heteroatoms. The van der Waals surface area contributed by atoms with Gasteiger partial charge in [-0.3, -0.25) is 14.2 Å². The summed E-state index contributed by atoms with van der Waals surface area (Å²) in [5, 5.41) is 3.99. The van der Waals surface area contributed by atoms with Crippen LogP contribution in [0.5, 0.6) is 0 Å². The quantitative estimate of drug-likeness (QED) is 0.452. The van der Waals surface area contributed by atoms with Gasteiger partial charge in [-0.2, -0.15) is 0 Å². The molecule has 0 aliphatic heterocycles. The summed E-state index contributed by atoms with van der Waals surface area (Å²) in [5.74, 6) is -0.111. The van der Waals surface area contributed by atoms with Crippen LogP contribution in [-0.4, -0.2) is 26.2 Å². The van der Waals surface area contributed by atoms with Crippen molar-refractivity contribution in [1.82, 2.24) is 14.9 Å². The van der Waals surface area contributed by atoms with E-state index in [1.165, 1.54) is 11.8 Å². The van der Waals surface area contributed by atoms with Crippen LogP contribution in [0.3, 0.4) is 0 Å². The minimum absolute atomic E-state index is 0.111. The Kier molecular flexibility index (Phi) is 6.29. The van der Waals surface area contributed by atoms with Crippen LogP contribution >= 0.6 is 23.4 Å². The first kappa shape index (κ1) is 22.4. The SMILES string of the molecule is Cc1cccc(-n2c(SC(C)C(=O)NC(C)(C)C)nc3cc(Cl)ccc3c2=O)c1C. The first-order valence-corrected chi connectivity index (χ1v) is 11.0. The van der Waals surface area contributed by atoms with Crippen molar-refractivity contribution in [2.45, 2.75) is 57.5 Å². The van der Waals surface area contributed by atoms with Crippen molar-refractivity contribution in [3.8, 4) is 5.69 Å². The van der Waals surface area contributed by atoms with Crippen molar-refractivity contribution in [2.24, 2.45) is 0 Å². The van der Waals surface area contributed by atoms with E-state index in [9.17, 15) is 9.59 Å². The third kappa shape index (κ3) is 4.71. The Morgan fingerprint density at radius 3 is 2.57 bits per heavy atom. The zero-order valence-electron chi connectivity index (χ0n) is 18.0. The molecule has 30 heavy (non-hydrogen) atoms. The lowest BCUT2D eigenvalue weighted by molar-refractivity contribution is -0.121. The van der Waals surface area contributed by atoms with Crippen molar-refractivity contribution < 1.29 is 4.79 Å². The number of carbonyl (C=O) groups is 1. The standard InChI is InChI=1S/C23H26ClN3O2S/c1-13-8-7-9-19(14(13)2)27-21(29)17-11-10-16(24)12-18(17)25-22(27)30-15(3)20(28)26-23(4,5)6/h7-12,15H,1-6H3,(H,26,28). The molecule has 1 atom stereocenters. The maximum absolute atomic E-state index is 13.5. The first-order valence-electron chi connectivity index (χ1n) is 9.75. The van der Waals surface area contributed by atoms with E-state index in [1.807, 2.05) is 59.7 Å². The third-order valence-corrected chi connectivity index (χ3v) is 6.05. The smallest absolute Gasteiger partial charge is 0.266 e. The zero-order valence-corrected chi connectivity index (χ0v) is 19.6. The Morgan fingerprint density at radius 1 is 1.20 bits per heavy atom. The van der Waals surface area contributed by atoms with Crippen molar-refractivity contribution in [3.63, 3.8) is 0 Å². The molecule has 0 aliphatic carbocycles. The fourth-order valence-electron chi connectivity index (χ4n) is 3.09. The molecule has 1 amide bonds. The summed E-state index contributed by atoms with van der Waals surface area (Å²) in [5.41, 5.74) is 2.81. The molecule has 1 heterocycles. The number of carbonyl (C=O) groups excluding carboxylic acids is 1. The fourth-order valence-corrected chi connectivity index (χ4v) is 4.18. The van der Waals surface area contributed by atoms with Gasteiger partial charge >= 0.3 is 0 Å². The lowest BCUT2D eigenvalue weighted by Gasteiger charge is -2.23. The Balaban J connectivity index is 2.20. The number of aryl methyl sites for hydroxylation is 1. The molecule has 2 aromatic carbocycles. The number of halogens is 1. The third-order valence-electron chi connectivity index (χ3n) is 4.77. The van der Waals surface area contributed by atoms with E-state index in [0.29, 0.717) is 21.1 Å². The molecule has 1 N–H and O–H groups in total. The molecule has 3 aromatic rings. The van der Waals surface area contributed by atoms with Gasteiger partial charge in [0.15, 0.2) is 5.16 Å². The van der Waals surface area contributed by atoms with Crippen molar-refractivity contribution >= 4 is 40.2 Å². The lowest BCUT2D eigenvalue weighted by Crippen LogP contribution is -2.44. The average Bonchev–Trinajstić information content (AvgIpc) is 2.63. The normalized spacial score (nSPS) is 12.8. The molecule has 0 radical (unpaired) electrons. The number of nitrogens with one attached hydrogen (secondary N) is 1. The second-order valence-electron chi connectivity index (χ2n) is 8.41. The Bertz CT molecular complexity index is 1180.